The summed E-state index contributed by atoms with van der Waals surface area (Å²) in [6.07, 6.45) is 0. The Labute approximate surface area is 126 Å². The zero-order valence-corrected chi connectivity index (χ0v) is 12.1. The molecule has 0 aliphatic heterocycles. The normalized spacial score (nSPS) is 10.8. The highest BCUT2D eigenvalue weighted by Gasteiger charge is 2.17. The van der Waals surface area contributed by atoms with Gasteiger partial charge in [-0.3, -0.25) is 0 Å². The first-order chi connectivity index (χ1) is 10.1. The summed E-state index contributed by atoms with van der Waals surface area (Å²) in [6.45, 7) is 0. The maximum Gasteiger partial charge on any atom is 0.189 e. The lowest BCUT2D eigenvalue weighted by atomic mass is 10.1. The lowest BCUT2D eigenvalue weighted by Crippen LogP contribution is -2.05. The van der Waals surface area contributed by atoms with Crippen LogP contribution in [0.5, 0.6) is 0 Å². The average molecular weight is 352 g/mol. The summed E-state index contributed by atoms with van der Waals surface area (Å²) in [5.41, 5.74) is 6.74. The van der Waals surface area contributed by atoms with Gasteiger partial charge in [-0.15, -0.1) is 5.10 Å². The first-order valence-electron chi connectivity index (χ1n) is 5.86. The summed E-state index contributed by atoms with van der Waals surface area (Å²) in [7, 11) is 0. The summed E-state index contributed by atoms with van der Waals surface area (Å²) >= 11 is 2.92. The number of halogens is 3. The quantitative estimate of drug-likeness (QED) is 0.569. The molecule has 1 heterocycles. The number of aromatic nitrogens is 4. The van der Waals surface area contributed by atoms with Crippen molar-refractivity contribution in [3.63, 3.8) is 0 Å². The number of hydrogen-bond acceptors (Lipinski definition) is 4. The second kappa shape index (κ2) is 5.21. The number of para-hydroxylation sites is 1. The van der Waals surface area contributed by atoms with Crippen molar-refractivity contribution >= 4 is 21.6 Å². The predicted octanol–water partition coefficient (Wildman–Crippen LogP) is 2.95. The molecule has 0 radical (unpaired) electrons. The number of rotatable bonds is 2. The van der Waals surface area contributed by atoms with Crippen molar-refractivity contribution in [2.45, 2.75) is 0 Å². The molecule has 0 aliphatic carbocycles. The Morgan fingerprint density at radius 1 is 1.10 bits per heavy atom. The molecule has 0 saturated carbocycles. The molecule has 3 rings (SSSR count). The Balaban J connectivity index is 2.21. The number of benzene rings is 2. The number of hydrogen-bond donors (Lipinski definition) is 1. The van der Waals surface area contributed by atoms with E-state index in [2.05, 4.69) is 31.5 Å². The fraction of sp³-hybridized carbons (Fsp3) is 0. The zero-order valence-electron chi connectivity index (χ0n) is 10.5. The van der Waals surface area contributed by atoms with Crippen molar-refractivity contribution < 1.29 is 8.78 Å². The van der Waals surface area contributed by atoms with Crippen LogP contribution in [0.15, 0.2) is 40.9 Å². The molecule has 0 saturated heterocycles. The third kappa shape index (κ3) is 2.38. The number of nitrogens with two attached hydrogens (primary N) is 1. The molecule has 0 fully saturated rings. The van der Waals surface area contributed by atoms with E-state index in [1.807, 2.05) is 0 Å². The zero-order chi connectivity index (χ0) is 15.0. The Bertz CT molecular complexity index is 818. The summed E-state index contributed by atoms with van der Waals surface area (Å²) in [4.78, 5) is 0. The van der Waals surface area contributed by atoms with Crippen LogP contribution in [0.4, 0.5) is 14.5 Å². The second-order valence-corrected chi connectivity index (χ2v) is 5.07. The van der Waals surface area contributed by atoms with Crippen molar-refractivity contribution in [2.24, 2.45) is 0 Å². The molecule has 0 unspecified atom stereocenters. The van der Waals surface area contributed by atoms with Crippen molar-refractivity contribution in [3.05, 3.63) is 52.5 Å². The summed E-state index contributed by atoms with van der Waals surface area (Å²) in [5, 5.41) is 11.1. The summed E-state index contributed by atoms with van der Waals surface area (Å²) in [6, 6.07) is 8.91. The first kappa shape index (κ1) is 13.6. The SMILES string of the molecule is Nc1ccccc1-c1nnnn1-c1cc(F)c(Br)cc1F. The highest BCUT2D eigenvalue weighted by atomic mass is 79.9. The van der Waals surface area contributed by atoms with Gasteiger partial charge >= 0.3 is 0 Å². The van der Waals surface area contributed by atoms with Gasteiger partial charge in [0.25, 0.3) is 0 Å². The van der Waals surface area contributed by atoms with Crippen LogP contribution >= 0.6 is 15.9 Å². The molecule has 0 aliphatic rings. The fourth-order valence-corrected chi connectivity index (χ4v) is 2.21. The number of anilines is 1. The van der Waals surface area contributed by atoms with E-state index in [4.69, 9.17) is 5.73 Å². The van der Waals surface area contributed by atoms with E-state index >= 15 is 0 Å². The van der Waals surface area contributed by atoms with Gasteiger partial charge in [-0.05, 0) is 44.6 Å². The monoisotopic (exact) mass is 351 g/mol. The van der Waals surface area contributed by atoms with Crippen molar-refractivity contribution in [1.82, 2.24) is 20.2 Å². The summed E-state index contributed by atoms with van der Waals surface area (Å²) < 4.78 is 28.8. The number of nitrogen functional groups attached to an aromatic ring is 1. The highest BCUT2D eigenvalue weighted by molar-refractivity contribution is 9.10. The maximum absolute atomic E-state index is 14.0. The molecule has 0 atom stereocenters. The Kier molecular flexibility index (Phi) is 3.38. The van der Waals surface area contributed by atoms with Crippen molar-refractivity contribution in [2.75, 3.05) is 5.73 Å². The van der Waals surface area contributed by atoms with Gasteiger partial charge in [0.2, 0.25) is 0 Å². The molecule has 0 amide bonds. The minimum absolute atomic E-state index is 0.0256. The second-order valence-electron chi connectivity index (χ2n) is 4.22. The standard InChI is InChI=1S/C13H8BrF2N5/c14-8-5-10(16)12(6-9(8)15)21-13(18-19-20-21)7-3-1-2-4-11(7)17/h1-6H,17H2. The van der Waals surface area contributed by atoms with Gasteiger partial charge in [0.05, 0.1) is 4.47 Å². The van der Waals surface area contributed by atoms with Crippen LogP contribution in [-0.4, -0.2) is 20.2 Å². The Morgan fingerprint density at radius 3 is 2.62 bits per heavy atom. The molecule has 2 aromatic carbocycles. The Morgan fingerprint density at radius 2 is 1.86 bits per heavy atom. The maximum atomic E-state index is 14.0. The third-order valence-corrected chi connectivity index (χ3v) is 3.50. The van der Waals surface area contributed by atoms with Crippen molar-refractivity contribution in [3.8, 4) is 17.1 Å². The van der Waals surface area contributed by atoms with Gasteiger partial charge in [-0.2, -0.15) is 4.68 Å². The predicted molar refractivity (Wildman–Crippen MR) is 76.6 cm³/mol. The molecule has 106 valence electrons. The van der Waals surface area contributed by atoms with Gasteiger partial charge in [-0.25, -0.2) is 8.78 Å². The van der Waals surface area contributed by atoms with E-state index in [9.17, 15) is 8.78 Å². The van der Waals surface area contributed by atoms with Crippen LogP contribution in [0.25, 0.3) is 17.1 Å². The average Bonchev–Trinajstić information content (AvgIpc) is 2.92. The fourth-order valence-electron chi connectivity index (χ4n) is 1.89. The minimum Gasteiger partial charge on any atom is -0.398 e. The molecule has 1 aromatic heterocycles. The van der Waals surface area contributed by atoms with Crippen LogP contribution in [0.2, 0.25) is 0 Å². The molecular formula is C13H8BrF2N5. The van der Waals surface area contributed by atoms with Crippen molar-refractivity contribution in [1.29, 1.82) is 0 Å². The highest BCUT2D eigenvalue weighted by Crippen LogP contribution is 2.28. The van der Waals surface area contributed by atoms with E-state index in [0.29, 0.717) is 11.3 Å². The van der Waals surface area contributed by atoms with Crippen LogP contribution in [0, 0.1) is 11.6 Å². The minimum atomic E-state index is -0.661. The van der Waals surface area contributed by atoms with Gasteiger partial charge in [0.1, 0.15) is 17.3 Å². The van der Waals surface area contributed by atoms with Crippen LogP contribution < -0.4 is 5.73 Å². The van der Waals surface area contributed by atoms with E-state index in [-0.39, 0.29) is 16.0 Å². The molecule has 3 aromatic rings. The number of tetrazole rings is 1. The van der Waals surface area contributed by atoms with Crippen LogP contribution in [-0.2, 0) is 0 Å². The lowest BCUT2D eigenvalue weighted by Gasteiger charge is -2.08. The van der Waals surface area contributed by atoms with E-state index in [1.54, 1.807) is 24.3 Å². The van der Waals surface area contributed by atoms with E-state index < -0.39 is 11.6 Å². The number of nitrogens with zero attached hydrogens (tertiary/aromatic N) is 4. The molecular weight excluding hydrogens is 344 g/mol. The van der Waals surface area contributed by atoms with Gasteiger partial charge in [0.15, 0.2) is 5.82 Å². The molecule has 5 nitrogen and oxygen atoms in total. The Hall–Kier alpha value is -2.35. The molecule has 2 N–H and O–H groups in total. The first-order valence-corrected chi connectivity index (χ1v) is 6.65. The van der Waals surface area contributed by atoms with Crippen LogP contribution in [0.1, 0.15) is 0 Å². The van der Waals surface area contributed by atoms with Crippen LogP contribution in [0.3, 0.4) is 0 Å². The molecule has 0 spiro atoms. The topological polar surface area (TPSA) is 69.6 Å². The smallest absolute Gasteiger partial charge is 0.189 e. The van der Waals surface area contributed by atoms with Gasteiger partial charge in [-0.1, -0.05) is 12.1 Å². The third-order valence-electron chi connectivity index (χ3n) is 2.89. The summed E-state index contributed by atoms with van der Waals surface area (Å²) in [5.74, 6) is -1.05. The molecule has 0 bridgehead atoms. The largest absolute Gasteiger partial charge is 0.398 e. The van der Waals surface area contributed by atoms with E-state index in [1.165, 1.54) is 0 Å². The van der Waals surface area contributed by atoms with E-state index in [0.717, 1.165) is 16.8 Å². The van der Waals surface area contributed by atoms with Gasteiger partial charge < -0.3 is 5.73 Å². The molecule has 8 heteroatoms. The van der Waals surface area contributed by atoms with Gasteiger partial charge in [0, 0.05) is 17.3 Å². The lowest BCUT2D eigenvalue weighted by molar-refractivity contribution is 0.580. The molecule has 21 heavy (non-hydrogen) atoms.